The lowest BCUT2D eigenvalue weighted by molar-refractivity contribution is -0.122. The first kappa shape index (κ1) is 20.6. The van der Waals surface area contributed by atoms with E-state index in [-0.39, 0.29) is 5.75 Å². The molecule has 1 fully saturated rings. The van der Waals surface area contributed by atoms with E-state index in [0.717, 1.165) is 32.0 Å². The Bertz CT molecular complexity index is 1030. The molecule has 3 aromatic rings. The van der Waals surface area contributed by atoms with Gasteiger partial charge in [-0.3, -0.25) is 4.79 Å². The van der Waals surface area contributed by atoms with Gasteiger partial charge >= 0.3 is 0 Å². The highest BCUT2D eigenvalue weighted by Crippen LogP contribution is 2.21. The maximum absolute atomic E-state index is 13.7. The first-order valence-electron chi connectivity index (χ1n) is 10.2. The van der Waals surface area contributed by atoms with Crippen LogP contribution in [0, 0.1) is 5.82 Å². The molecule has 1 atom stereocenters. The number of rotatable bonds is 6. The van der Waals surface area contributed by atoms with E-state index in [9.17, 15) is 9.18 Å². The van der Waals surface area contributed by atoms with Gasteiger partial charge in [-0.15, -0.1) is 0 Å². The summed E-state index contributed by atoms with van der Waals surface area (Å²) in [6.45, 7) is 4.94. The van der Waals surface area contributed by atoms with Gasteiger partial charge in [0.2, 0.25) is 0 Å². The molecule has 160 valence electrons. The second kappa shape index (κ2) is 9.42. The van der Waals surface area contributed by atoms with Gasteiger partial charge in [-0.2, -0.15) is 0 Å². The number of amides is 1. The van der Waals surface area contributed by atoms with E-state index in [1.54, 1.807) is 25.1 Å². The third-order valence-electron chi connectivity index (χ3n) is 5.14. The van der Waals surface area contributed by atoms with Crippen molar-refractivity contribution in [1.29, 1.82) is 0 Å². The molecule has 2 aromatic carbocycles. The number of para-hydroxylation sites is 2. The van der Waals surface area contributed by atoms with E-state index in [0.29, 0.717) is 5.82 Å². The Kier molecular flexibility index (Phi) is 6.26. The van der Waals surface area contributed by atoms with Crippen LogP contribution in [-0.2, 0) is 4.79 Å². The molecule has 8 heteroatoms. The summed E-state index contributed by atoms with van der Waals surface area (Å²) in [5, 5.41) is 2.72. The maximum atomic E-state index is 13.7. The molecule has 1 aromatic heterocycles. The van der Waals surface area contributed by atoms with Crippen molar-refractivity contribution in [2.75, 3.05) is 41.3 Å². The van der Waals surface area contributed by atoms with Crippen LogP contribution in [0.2, 0.25) is 0 Å². The molecule has 7 nitrogen and oxygen atoms in total. The summed E-state index contributed by atoms with van der Waals surface area (Å²) in [5.74, 6) is 0.234. The zero-order valence-corrected chi connectivity index (χ0v) is 17.2. The molecule has 0 bridgehead atoms. The zero-order valence-electron chi connectivity index (χ0n) is 17.2. The molecule has 1 aliphatic rings. The molecule has 4 rings (SSSR count). The molecular weight excluding hydrogens is 397 g/mol. The maximum Gasteiger partial charge on any atom is 0.266 e. The van der Waals surface area contributed by atoms with Gasteiger partial charge < -0.3 is 19.9 Å². The highest BCUT2D eigenvalue weighted by atomic mass is 19.1. The van der Waals surface area contributed by atoms with E-state index >= 15 is 0 Å². The van der Waals surface area contributed by atoms with Crippen LogP contribution >= 0.6 is 0 Å². The lowest BCUT2D eigenvalue weighted by atomic mass is 10.2. The second-order valence-electron chi connectivity index (χ2n) is 7.25. The van der Waals surface area contributed by atoms with E-state index in [1.165, 1.54) is 24.1 Å². The third kappa shape index (κ3) is 5.09. The van der Waals surface area contributed by atoms with Crippen molar-refractivity contribution in [2.45, 2.75) is 13.0 Å². The summed E-state index contributed by atoms with van der Waals surface area (Å²) in [7, 11) is 0. The number of halogens is 1. The second-order valence-corrected chi connectivity index (χ2v) is 7.25. The monoisotopic (exact) mass is 421 g/mol. The van der Waals surface area contributed by atoms with Crippen LogP contribution in [0.15, 0.2) is 67.0 Å². The first-order chi connectivity index (χ1) is 15.1. The molecule has 1 amide bonds. The Morgan fingerprint density at radius 2 is 1.68 bits per heavy atom. The van der Waals surface area contributed by atoms with Gasteiger partial charge in [-0.1, -0.05) is 30.3 Å². The van der Waals surface area contributed by atoms with Crippen LogP contribution in [0.25, 0.3) is 0 Å². The number of anilines is 3. The van der Waals surface area contributed by atoms with Crippen LogP contribution in [0.5, 0.6) is 5.75 Å². The minimum atomic E-state index is -0.885. The van der Waals surface area contributed by atoms with E-state index in [2.05, 4.69) is 37.2 Å². The van der Waals surface area contributed by atoms with Crippen molar-refractivity contribution < 1.29 is 13.9 Å². The predicted octanol–water partition coefficient (Wildman–Crippen LogP) is 3.35. The molecule has 0 radical (unpaired) electrons. The fourth-order valence-electron chi connectivity index (χ4n) is 3.43. The smallest absolute Gasteiger partial charge is 0.266 e. The fourth-order valence-corrected chi connectivity index (χ4v) is 3.43. The number of nitrogens with zero attached hydrogens (tertiary/aromatic N) is 4. The first-order valence-corrected chi connectivity index (χ1v) is 10.2. The molecule has 0 aliphatic carbocycles. The van der Waals surface area contributed by atoms with E-state index in [4.69, 9.17) is 4.74 Å². The average Bonchev–Trinajstić information content (AvgIpc) is 2.81. The highest BCUT2D eigenvalue weighted by molar-refractivity contribution is 5.93. The van der Waals surface area contributed by atoms with Gasteiger partial charge in [0.05, 0.1) is 0 Å². The number of aromatic nitrogens is 2. The van der Waals surface area contributed by atoms with Crippen molar-refractivity contribution in [3.05, 3.63) is 72.8 Å². The summed E-state index contributed by atoms with van der Waals surface area (Å²) >= 11 is 0. The van der Waals surface area contributed by atoms with E-state index in [1.807, 2.05) is 18.2 Å². The van der Waals surface area contributed by atoms with Crippen molar-refractivity contribution >= 4 is 23.2 Å². The van der Waals surface area contributed by atoms with Crippen molar-refractivity contribution in [2.24, 2.45) is 0 Å². The summed E-state index contributed by atoms with van der Waals surface area (Å²) in [5.41, 5.74) is 1.21. The molecule has 1 N–H and O–H groups in total. The quantitative estimate of drug-likeness (QED) is 0.658. The Hall–Kier alpha value is -3.68. The van der Waals surface area contributed by atoms with Gasteiger partial charge in [0.15, 0.2) is 17.7 Å². The van der Waals surface area contributed by atoms with Crippen molar-refractivity contribution in [1.82, 2.24) is 9.97 Å². The van der Waals surface area contributed by atoms with Crippen LogP contribution in [0.3, 0.4) is 0 Å². The van der Waals surface area contributed by atoms with Gasteiger partial charge in [-0.05, 0) is 31.2 Å². The minimum absolute atomic E-state index is 0.0322. The Morgan fingerprint density at radius 1 is 1.00 bits per heavy atom. The fraction of sp³-hybridized carbons (Fsp3) is 0.261. The van der Waals surface area contributed by atoms with Crippen LogP contribution in [-0.4, -0.2) is 48.2 Å². The number of hydrogen-bond acceptors (Lipinski definition) is 6. The van der Waals surface area contributed by atoms with E-state index < -0.39 is 17.8 Å². The Balaban J connectivity index is 1.35. The predicted molar refractivity (Wildman–Crippen MR) is 118 cm³/mol. The third-order valence-corrected chi connectivity index (χ3v) is 5.14. The Morgan fingerprint density at radius 3 is 2.42 bits per heavy atom. The summed E-state index contributed by atoms with van der Waals surface area (Å²) in [6.07, 6.45) is 0.543. The molecular formula is C23H24FN5O2. The molecule has 0 saturated carbocycles. The minimum Gasteiger partial charge on any atom is -0.478 e. The standard InChI is InChI=1S/C23H24FN5O2/c1-17(31-20-10-6-5-9-19(20)24)23(30)27-21-15-22(26-16-25-21)29-13-11-28(12-14-29)18-7-3-2-4-8-18/h2-10,15-17H,11-14H2,1H3,(H,25,26,27,30)/t17-/m0/s1. The number of benzene rings is 2. The molecule has 1 saturated heterocycles. The number of carbonyl (C=O) groups excluding carboxylic acids is 1. The normalized spacial score (nSPS) is 14.8. The number of piperazine rings is 1. The summed E-state index contributed by atoms with van der Waals surface area (Å²) in [6, 6.07) is 18.0. The summed E-state index contributed by atoms with van der Waals surface area (Å²) in [4.78, 5) is 25.5. The van der Waals surface area contributed by atoms with Gasteiger partial charge in [0, 0.05) is 37.9 Å². The zero-order chi connectivity index (χ0) is 21.6. The lowest BCUT2D eigenvalue weighted by Crippen LogP contribution is -2.46. The van der Waals surface area contributed by atoms with Crippen LogP contribution in [0.4, 0.5) is 21.7 Å². The molecule has 0 unspecified atom stereocenters. The molecule has 31 heavy (non-hydrogen) atoms. The number of carbonyl (C=O) groups is 1. The van der Waals surface area contributed by atoms with Gasteiger partial charge in [-0.25, -0.2) is 14.4 Å². The van der Waals surface area contributed by atoms with Crippen molar-refractivity contribution in [3.8, 4) is 5.75 Å². The highest BCUT2D eigenvalue weighted by Gasteiger charge is 2.20. The van der Waals surface area contributed by atoms with Crippen LogP contribution < -0.4 is 19.9 Å². The molecule has 0 spiro atoms. The Labute approximate surface area is 180 Å². The summed E-state index contributed by atoms with van der Waals surface area (Å²) < 4.78 is 19.2. The van der Waals surface area contributed by atoms with Gasteiger partial charge in [0.25, 0.3) is 5.91 Å². The number of hydrogen-bond donors (Lipinski definition) is 1. The molecule has 2 heterocycles. The average molecular weight is 421 g/mol. The van der Waals surface area contributed by atoms with Crippen molar-refractivity contribution in [3.63, 3.8) is 0 Å². The molecule has 1 aliphatic heterocycles. The van der Waals surface area contributed by atoms with Gasteiger partial charge in [0.1, 0.15) is 18.0 Å². The number of nitrogens with one attached hydrogen (secondary N) is 1. The lowest BCUT2D eigenvalue weighted by Gasteiger charge is -2.36. The SMILES string of the molecule is C[C@H](Oc1ccccc1F)C(=O)Nc1cc(N2CCN(c3ccccc3)CC2)ncn1. The largest absolute Gasteiger partial charge is 0.478 e. The topological polar surface area (TPSA) is 70.6 Å². The van der Waals surface area contributed by atoms with Crippen LogP contribution in [0.1, 0.15) is 6.92 Å². The number of ether oxygens (including phenoxy) is 1.